The van der Waals surface area contributed by atoms with Crippen LogP contribution in [0.3, 0.4) is 0 Å². The third kappa shape index (κ3) is 2.68. The Morgan fingerprint density at radius 1 is 1.10 bits per heavy atom. The highest BCUT2D eigenvalue weighted by Gasteiger charge is 2.19. The summed E-state index contributed by atoms with van der Waals surface area (Å²) in [4.78, 5) is 4.71. The monoisotopic (exact) mass is 267 g/mol. The van der Waals surface area contributed by atoms with Crippen molar-refractivity contribution in [3.63, 3.8) is 0 Å². The smallest absolute Gasteiger partial charge is 0.101 e. The highest BCUT2D eigenvalue weighted by atomic mass is 16.3. The van der Waals surface area contributed by atoms with Gasteiger partial charge in [0.1, 0.15) is 6.07 Å². The molecule has 1 aliphatic rings. The molecular weight excluding hydrogens is 250 g/mol. The summed E-state index contributed by atoms with van der Waals surface area (Å²) >= 11 is 0. The van der Waals surface area contributed by atoms with Crippen LogP contribution in [0.2, 0.25) is 0 Å². The minimum atomic E-state index is 0.760. The Morgan fingerprint density at radius 2 is 1.90 bits per heavy atom. The Hall–Kier alpha value is -2.25. The fourth-order valence-electron chi connectivity index (χ4n) is 2.63. The minimum absolute atomic E-state index is 0.760. The molecule has 0 aliphatic carbocycles. The maximum absolute atomic E-state index is 9.17. The van der Waals surface area contributed by atoms with Gasteiger partial charge in [0.2, 0.25) is 0 Å². The summed E-state index contributed by atoms with van der Waals surface area (Å²) in [5, 5.41) is 9.17. The second-order valence-corrected chi connectivity index (χ2v) is 5.02. The minimum Gasteiger partial charge on any atom is -0.472 e. The lowest BCUT2D eigenvalue weighted by molar-refractivity contribution is 0.249. The molecule has 1 aliphatic heterocycles. The number of anilines is 1. The molecule has 0 saturated carbocycles. The van der Waals surface area contributed by atoms with Crippen molar-refractivity contribution in [3.8, 4) is 6.07 Å². The average molecular weight is 267 g/mol. The fourth-order valence-corrected chi connectivity index (χ4v) is 2.63. The molecule has 1 aromatic carbocycles. The predicted molar refractivity (Wildman–Crippen MR) is 77.4 cm³/mol. The number of hydrogen-bond acceptors (Lipinski definition) is 4. The number of furan rings is 1. The molecular formula is C16H17N3O. The summed E-state index contributed by atoms with van der Waals surface area (Å²) in [5.41, 5.74) is 3.03. The summed E-state index contributed by atoms with van der Waals surface area (Å²) in [5.74, 6) is 0. The summed E-state index contributed by atoms with van der Waals surface area (Å²) in [6.45, 7) is 4.85. The highest BCUT2D eigenvalue weighted by Crippen LogP contribution is 2.21. The first-order chi connectivity index (χ1) is 9.86. The average Bonchev–Trinajstić information content (AvgIpc) is 3.01. The van der Waals surface area contributed by atoms with Crippen LogP contribution in [-0.2, 0) is 6.54 Å². The van der Waals surface area contributed by atoms with E-state index in [9.17, 15) is 5.26 Å². The number of nitrogens with zero attached hydrogens (tertiary/aromatic N) is 3. The highest BCUT2D eigenvalue weighted by molar-refractivity contribution is 5.59. The van der Waals surface area contributed by atoms with Crippen LogP contribution in [0.15, 0.2) is 47.3 Å². The van der Waals surface area contributed by atoms with Gasteiger partial charge in [-0.1, -0.05) is 12.1 Å². The Morgan fingerprint density at radius 3 is 2.60 bits per heavy atom. The zero-order valence-corrected chi connectivity index (χ0v) is 11.3. The van der Waals surface area contributed by atoms with Crippen molar-refractivity contribution in [1.29, 1.82) is 5.26 Å². The third-order valence-electron chi connectivity index (χ3n) is 3.72. The Bertz CT molecular complexity index is 592. The van der Waals surface area contributed by atoms with Crippen LogP contribution in [0, 0.1) is 11.3 Å². The molecule has 0 amide bonds. The molecule has 0 radical (unpaired) electrons. The lowest BCUT2D eigenvalue weighted by Crippen LogP contribution is -2.46. The van der Waals surface area contributed by atoms with E-state index in [1.165, 1.54) is 5.56 Å². The van der Waals surface area contributed by atoms with Crippen molar-refractivity contribution in [2.75, 3.05) is 31.1 Å². The van der Waals surface area contributed by atoms with Crippen molar-refractivity contribution in [2.24, 2.45) is 0 Å². The lowest BCUT2D eigenvalue weighted by Gasteiger charge is -2.36. The molecule has 0 spiro atoms. The zero-order valence-electron chi connectivity index (χ0n) is 11.3. The standard InChI is InChI=1S/C16H17N3O/c17-11-15-3-1-2-4-16(15)19-8-6-18(7-9-19)12-14-5-10-20-13-14/h1-5,10,13H,6-9,12H2. The van der Waals surface area contributed by atoms with Crippen LogP contribution < -0.4 is 4.90 Å². The SMILES string of the molecule is N#Cc1ccccc1N1CCN(Cc2ccoc2)CC1. The fraction of sp³-hybridized carbons (Fsp3) is 0.312. The number of nitriles is 1. The number of hydrogen-bond donors (Lipinski definition) is 0. The van der Waals surface area contributed by atoms with Gasteiger partial charge in [-0.15, -0.1) is 0 Å². The second-order valence-electron chi connectivity index (χ2n) is 5.02. The molecule has 0 unspecified atom stereocenters. The molecule has 0 N–H and O–H groups in total. The van der Waals surface area contributed by atoms with Crippen molar-refractivity contribution in [3.05, 3.63) is 54.0 Å². The van der Waals surface area contributed by atoms with E-state index in [0.29, 0.717) is 0 Å². The first-order valence-corrected chi connectivity index (χ1v) is 6.84. The van der Waals surface area contributed by atoms with Crippen LogP contribution in [0.25, 0.3) is 0 Å². The van der Waals surface area contributed by atoms with E-state index in [1.54, 1.807) is 12.5 Å². The molecule has 0 bridgehead atoms. The van der Waals surface area contributed by atoms with Gasteiger partial charge in [0.15, 0.2) is 0 Å². The first-order valence-electron chi connectivity index (χ1n) is 6.84. The number of rotatable bonds is 3. The quantitative estimate of drug-likeness (QED) is 0.857. The van der Waals surface area contributed by atoms with Crippen LogP contribution >= 0.6 is 0 Å². The van der Waals surface area contributed by atoms with E-state index in [4.69, 9.17) is 4.42 Å². The van der Waals surface area contributed by atoms with E-state index in [2.05, 4.69) is 15.9 Å². The molecule has 4 nitrogen and oxygen atoms in total. The Kier molecular flexibility index (Phi) is 3.71. The summed E-state index contributed by atoms with van der Waals surface area (Å²) in [6.07, 6.45) is 3.52. The molecule has 4 heteroatoms. The van der Waals surface area contributed by atoms with Gasteiger partial charge in [0, 0.05) is 38.3 Å². The molecule has 1 fully saturated rings. The number of piperazine rings is 1. The van der Waals surface area contributed by atoms with Crippen LogP contribution in [0.1, 0.15) is 11.1 Å². The van der Waals surface area contributed by atoms with Gasteiger partial charge < -0.3 is 9.32 Å². The van der Waals surface area contributed by atoms with E-state index in [-0.39, 0.29) is 0 Å². The van der Waals surface area contributed by atoms with Crippen molar-refractivity contribution in [1.82, 2.24) is 4.90 Å². The molecule has 1 aromatic heterocycles. The molecule has 3 rings (SSSR count). The van der Waals surface area contributed by atoms with Gasteiger partial charge in [0.25, 0.3) is 0 Å². The Balaban J connectivity index is 1.62. The lowest BCUT2D eigenvalue weighted by atomic mass is 10.1. The van der Waals surface area contributed by atoms with E-state index in [1.807, 2.05) is 30.3 Å². The topological polar surface area (TPSA) is 43.4 Å². The summed E-state index contributed by atoms with van der Waals surface area (Å²) in [6, 6.07) is 12.1. The predicted octanol–water partition coefficient (Wildman–Crippen LogP) is 2.47. The first kappa shape index (κ1) is 12.8. The largest absolute Gasteiger partial charge is 0.472 e. The van der Waals surface area contributed by atoms with E-state index < -0.39 is 0 Å². The van der Waals surface area contributed by atoms with Crippen LogP contribution in [0.4, 0.5) is 5.69 Å². The van der Waals surface area contributed by atoms with Gasteiger partial charge >= 0.3 is 0 Å². The summed E-state index contributed by atoms with van der Waals surface area (Å²) < 4.78 is 5.10. The van der Waals surface area contributed by atoms with Crippen LogP contribution in [0.5, 0.6) is 0 Å². The van der Waals surface area contributed by atoms with Crippen molar-refractivity contribution in [2.45, 2.75) is 6.54 Å². The molecule has 20 heavy (non-hydrogen) atoms. The normalized spacial score (nSPS) is 16.1. The van der Waals surface area contributed by atoms with E-state index >= 15 is 0 Å². The molecule has 102 valence electrons. The molecule has 0 atom stereocenters. The van der Waals surface area contributed by atoms with Gasteiger partial charge in [-0.3, -0.25) is 4.90 Å². The molecule has 2 aromatic rings. The van der Waals surface area contributed by atoms with Crippen LogP contribution in [-0.4, -0.2) is 31.1 Å². The van der Waals surface area contributed by atoms with E-state index in [0.717, 1.165) is 44.0 Å². The zero-order chi connectivity index (χ0) is 13.8. The number of benzene rings is 1. The number of para-hydroxylation sites is 1. The van der Waals surface area contributed by atoms with Gasteiger partial charge in [-0.25, -0.2) is 0 Å². The second kappa shape index (κ2) is 5.81. The van der Waals surface area contributed by atoms with Gasteiger partial charge in [-0.2, -0.15) is 5.26 Å². The third-order valence-corrected chi connectivity index (χ3v) is 3.72. The van der Waals surface area contributed by atoms with Gasteiger partial charge in [-0.05, 0) is 18.2 Å². The maximum atomic E-state index is 9.17. The Labute approximate surface area is 118 Å². The maximum Gasteiger partial charge on any atom is 0.101 e. The summed E-state index contributed by atoms with van der Waals surface area (Å²) in [7, 11) is 0. The van der Waals surface area contributed by atoms with Crippen molar-refractivity contribution < 1.29 is 4.42 Å². The van der Waals surface area contributed by atoms with Crippen molar-refractivity contribution >= 4 is 5.69 Å². The van der Waals surface area contributed by atoms with Gasteiger partial charge in [0.05, 0.1) is 23.8 Å². The molecule has 2 heterocycles. The molecule has 1 saturated heterocycles.